The van der Waals surface area contributed by atoms with Gasteiger partial charge in [-0.3, -0.25) is 14.6 Å². The van der Waals surface area contributed by atoms with Gasteiger partial charge in [0.25, 0.3) is 11.8 Å². The van der Waals surface area contributed by atoms with Gasteiger partial charge < -0.3 is 41.1 Å². The largest absolute Gasteiger partial charge is 0.508 e. The van der Waals surface area contributed by atoms with Crippen LogP contribution < -0.4 is 16.0 Å². The molecule has 2 saturated carbocycles. The van der Waals surface area contributed by atoms with E-state index in [-0.39, 0.29) is 30.3 Å². The molecule has 4 aromatic rings. The van der Waals surface area contributed by atoms with Crippen LogP contribution in [0.15, 0.2) is 79.1 Å². The highest BCUT2D eigenvalue weighted by Crippen LogP contribution is 2.65. The van der Waals surface area contributed by atoms with Crippen LogP contribution in [-0.4, -0.2) is 91.9 Å². The van der Waals surface area contributed by atoms with Gasteiger partial charge in [0.05, 0.1) is 30.6 Å². The maximum Gasteiger partial charge on any atom is 0.434 e. The second kappa shape index (κ2) is 17.0. The summed E-state index contributed by atoms with van der Waals surface area (Å²) in [7, 11) is 0. The van der Waals surface area contributed by atoms with E-state index in [2.05, 4.69) is 38.9 Å². The molecule has 0 spiro atoms. The van der Waals surface area contributed by atoms with Crippen LogP contribution in [0.4, 0.5) is 19.0 Å². The number of nitrogens with zero attached hydrogens (tertiary/aromatic N) is 2. The lowest BCUT2D eigenvalue weighted by atomic mass is 9.53. The number of hydrogen-bond donors (Lipinski definition) is 7. The van der Waals surface area contributed by atoms with Crippen molar-refractivity contribution in [1.82, 2.24) is 20.6 Å². The van der Waals surface area contributed by atoms with Gasteiger partial charge in [-0.25, -0.2) is 4.98 Å². The van der Waals surface area contributed by atoms with E-state index >= 15 is 0 Å². The summed E-state index contributed by atoms with van der Waals surface area (Å²) in [5.41, 5.74) is 3.03. The maximum absolute atomic E-state index is 13.1. The number of alkyl halides is 3. The maximum atomic E-state index is 13.1. The summed E-state index contributed by atoms with van der Waals surface area (Å²) in [6, 6.07) is 18.9. The Bertz CT molecular complexity index is 2230. The number of rotatable bonds is 11. The number of anilines is 1. The van der Waals surface area contributed by atoms with E-state index < -0.39 is 47.7 Å². The highest BCUT2D eigenvalue weighted by atomic mass is 19.4. The minimum atomic E-state index is -4.70. The van der Waals surface area contributed by atoms with Gasteiger partial charge in [-0.1, -0.05) is 37.3 Å². The number of carbonyl (C=O) groups is 2. The average molecular weight is 844 g/mol. The van der Waals surface area contributed by atoms with Gasteiger partial charge in [-0.2, -0.15) is 13.2 Å². The van der Waals surface area contributed by atoms with E-state index in [1.54, 1.807) is 42.5 Å². The van der Waals surface area contributed by atoms with E-state index in [9.17, 15) is 43.2 Å². The smallest absolute Gasteiger partial charge is 0.434 e. The Kier molecular flexibility index (Phi) is 11.9. The molecule has 324 valence electrons. The fraction of sp³-hybridized carbons (Fsp3) is 0.478. The van der Waals surface area contributed by atoms with E-state index in [1.807, 2.05) is 18.2 Å². The number of amides is 2. The Labute approximate surface area is 352 Å². The lowest BCUT2D eigenvalue weighted by Crippen LogP contribution is -2.58. The SMILES string of the molecule is C[C@]12CC[C@@H]3c4ccc(O)cc4CC[C@H]3[C@@H]1CC[C@@]2(O)CCCNC(=O)c1ccc(-c2ccc(C(=O)NC[C@H]3OC[C@H](Nc4cncc(C(F)(F)F)n4)[C@@H](O)[C@H]3O)cc2)cc1. The first-order chi connectivity index (χ1) is 29.1. The number of halogens is 3. The van der Waals surface area contributed by atoms with Gasteiger partial charge in [0, 0.05) is 24.2 Å². The third-order valence-electron chi connectivity index (χ3n) is 14.1. The monoisotopic (exact) mass is 843 g/mol. The van der Waals surface area contributed by atoms with Crippen LogP contribution in [-0.2, 0) is 17.3 Å². The molecule has 3 aliphatic carbocycles. The highest BCUT2D eigenvalue weighted by molar-refractivity contribution is 5.95. The van der Waals surface area contributed by atoms with Gasteiger partial charge >= 0.3 is 6.18 Å². The predicted octanol–water partition coefficient (Wildman–Crippen LogP) is 6.00. The molecule has 2 amide bonds. The minimum Gasteiger partial charge on any atom is -0.508 e. The zero-order valence-corrected chi connectivity index (χ0v) is 33.9. The molecule has 0 radical (unpaired) electrons. The molecule has 3 aromatic carbocycles. The summed E-state index contributed by atoms with van der Waals surface area (Å²) in [5.74, 6) is 0.931. The number of nitrogens with one attached hydrogen (secondary N) is 3. The number of aliphatic hydroxyl groups is 3. The number of fused-ring (bicyclic) bond motifs is 5. The number of aryl methyl sites for hydroxylation is 1. The summed E-state index contributed by atoms with van der Waals surface area (Å²) in [4.78, 5) is 33.0. The lowest BCUT2D eigenvalue weighted by Gasteiger charge is -2.53. The predicted molar refractivity (Wildman–Crippen MR) is 220 cm³/mol. The molecular formula is C46H52F3N5O7. The Morgan fingerprint density at radius 3 is 2.26 bits per heavy atom. The zero-order valence-electron chi connectivity index (χ0n) is 33.9. The average Bonchev–Trinajstić information content (AvgIpc) is 3.53. The molecule has 0 unspecified atom stereocenters. The van der Waals surface area contributed by atoms with Gasteiger partial charge in [0.2, 0.25) is 0 Å². The number of aromatic nitrogens is 2. The number of carbonyl (C=O) groups excluding carboxylic acids is 2. The summed E-state index contributed by atoms with van der Waals surface area (Å²) in [6.45, 7) is 2.43. The molecule has 1 aromatic heterocycles. The Morgan fingerprint density at radius 2 is 1.57 bits per heavy atom. The van der Waals surface area contributed by atoms with Crippen LogP contribution in [0.25, 0.3) is 11.1 Å². The molecule has 4 aliphatic rings. The first kappa shape index (κ1) is 42.6. The fourth-order valence-corrected chi connectivity index (χ4v) is 10.6. The van der Waals surface area contributed by atoms with E-state index in [0.29, 0.717) is 60.2 Å². The second-order valence-electron chi connectivity index (χ2n) is 17.4. The van der Waals surface area contributed by atoms with Crippen LogP contribution >= 0.6 is 0 Å². The second-order valence-corrected chi connectivity index (χ2v) is 17.4. The van der Waals surface area contributed by atoms with Gasteiger partial charge in [0.1, 0.15) is 29.9 Å². The minimum absolute atomic E-state index is 0.135. The van der Waals surface area contributed by atoms with Gasteiger partial charge in [0.15, 0.2) is 5.69 Å². The lowest BCUT2D eigenvalue weighted by molar-refractivity contribution is -0.141. The van der Waals surface area contributed by atoms with Crippen LogP contribution in [0.3, 0.4) is 0 Å². The topological polar surface area (TPSA) is 186 Å². The highest BCUT2D eigenvalue weighted by Gasteiger charge is 2.61. The Hall–Kier alpha value is -5.09. The summed E-state index contributed by atoms with van der Waals surface area (Å²) < 4.78 is 44.7. The number of aromatic hydroxyl groups is 1. The fourth-order valence-electron chi connectivity index (χ4n) is 10.6. The number of phenols is 1. The van der Waals surface area contributed by atoms with E-state index in [1.165, 1.54) is 11.1 Å². The van der Waals surface area contributed by atoms with Gasteiger partial charge in [-0.15, -0.1) is 0 Å². The normalized spacial score (nSPS) is 29.5. The molecule has 8 rings (SSSR count). The number of aliphatic hydroxyl groups excluding tert-OH is 2. The van der Waals surface area contributed by atoms with E-state index in [4.69, 9.17) is 4.74 Å². The standard InChI is InChI=1S/C46H52F3N5O7/c1-44-18-15-33-32-14-12-31(55)21-30(32)11-13-34(33)35(44)16-19-45(44,60)17-2-20-51-42(58)28-7-3-26(4-8-28)27-5-9-29(10-6-27)43(59)52-22-37-41(57)40(56)36(25-61-37)53-39-24-50-23-38(54-39)46(47,48)49/h3-10,12,14,21,23-24,33-37,40-41,55-57,60H,2,11,13,15-20,22,25H2,1H3,(H,51,58)(H,52,59)(H,53,54)/t33-,34-,35+,36+,37-,40-,41+,44+,45+/m1/s1. The molecule has 3 fully saturated rings. The summed E-state index contributed by atoms with van der Waals surface area (Å²) >= 11 is 0. The van der Waals surface area contributed by atoms with Crippen molar-refractivity contribution in [3.8, 4) is 16.9 Å². The quantitative estimate of drug-likeness (QED) is 0.0885. The first-order valence-electron chi connectivity index (χ1n) is 21.1. The molecule has 61 heavy (non-hydrogen) atoms. The molecular weight excluding hydrogens is 792 g/mol. The molecule has 2 heterocycles. The van der Waals surface area contributed by atoms with Crippen molar-refractivity contribution in [3.05, 3.63) is 107 Å². The number of phenolic OH excluding ortho intramolecular Hbond substituents is 1. The molecule has 1 aliphatic heterocycles. The van der Waals surface area contributed by atoms with Crippen LogP contribution in [0.2, 0.25) is 0 Å². The molecule has 15 heteroatoms. The van der Waals surface area contributed by atoms with Crippen molar-refractivity contribution in [2.24, 2.45) is 17.3 Å². The zero-order chi connectivity index (χ0) is 43.1. The van der Waals surface area contributed by atoms with Crippen LogP contribution in [0.5, 0.6) is 5.75 Å². The van der Waals surface area contributed by atoms with Crippen molar-refractivity contribution in [2.75, 3.05) is 25.0 Å². The third kappa shape index (κ3) is 8.57. The van der Waals surface area contributed by atoms with Crippen LogP contribution in [0, 0.1) is 17.3 Å². The van der Waals surface area contributed by atoms with Crippen molar-refractivity contribution in [3.63, 3.8) is 0 Å². The molecule has 1 saturated heterocycles. The van der Waals surface area contributed by atoms with Gasteiger partial charge in [-0.05, 0) is 133 Å². The van der Waals surface area contributed by atoms with Crippen molar-refractivity contribution in [1.29, 1.82) is 0 Å². The third-order valence-corrected chi connectivity index (χ3v) is 14.1. The molecule has 7 N–H and O–H groups in total. The summed E-state index contributed by atoms with van der Waals surface area (Å²) in [5, 5.41) is 51.7. The van der Waals surface area contributed by atoms with E-state index in [0.717, 1.165) is 55.8 Å². The molecule has 9 atom stereocenters. The number of ether oxygens (including phenoxy) is 1. The van der Waals surface area contributed by atoms with Crippen molar-refractivity contribution >= 4 is 17.6 Å². The summed E-state index contributed by atoms with van der Waals surface area (Å²) in [6.07, 6.45) is 0.237. The van der Waals surface area contributed by atoms with Crippen LogP contribution in [0.1, 0.15) is 95.3 Å². The van der Waals surface area contributed by atoms with Crippen molar-refractivity contribution in [2.45, 2.75) is 100 Å². The Morgan fingerprint density at radius 1 is 0.885 bits per heavy atom. The molecule has 12 nitrogen and oxygen atoms in total. The first-order valence-corrected chi connectivity index (χ1v) is 21.1. The molecule has 0 bridgehead atoms. The number of hydrogen-bond acceptors (Lipinski definition) is 10. The number of benzene rings is 3. The Balaban J connectivity index is 0.777. The van der Waals surface area contributed by atoms with Crippen molar-refractivity contribution < 1.29 is 47.9 Å².